The van der Waals surface area contributed by atoms with E-state index in [1.54, 1.807) is 0 Å². The van der Waals surface area contributed by atoms with Crippen LogP contribution in [0.1, 0.15) is 61.8 Å². The normalized spacial score (nSPS) is 23.5. The molecular weight excluding hydrogens is 607 g/mol. The first-order chi connectivity index (χ1) is 19.6. The number of allylic oxidation sites excluding steroid dienone is 2. The number of phenolic OH excluding ortho intramolecular Hbond substituents is 2. The summed E-state index contributed by atoms with van der Waals surface area (Å²) in [7, 11) is 0. The summed E-state index contributed by atoms with van der Waals surface area (Å²) in [6, 6.07) is 0. The molecule has 1 aromatic rings. The van der Waals surface area contributed by atoms with Crippen molar-refractivity contribution in [2.75, 3.05) is 6.61 Å². The molecule has 0 spiro atoms. The predicted molar refractivity (Wildman–Crippen MR) is 139 cm³/mol. The molecule has 5 unspecified atom stereocenters. The number of halogens is 2. The minimum atomic E-state index is -1.85. The van der Waals surface area contributed by atoms with Gasteiger partial charge < -0.3 is 38.6 Å². The van der Waals surface area contributed by atoms with Gasteiger partial charge in [-0.05, 0) is 6.42 Å². The third kappa shape index (κ3) is 6.45. The monoisotopic (exact) mass is 632 g/mol. The van der Waals surface area contributed by atoms with Crippen LogP contribution in [-0.4, -0.2) is 83.0 Å². The molecule has 0 radical (unpaired) electrons. The van der Waals surface area contributed by atoms with E-state index in [9.17, 15) is 39.0 Å². The van der Waals surface area contributed by atoms with E-state index in [1.165, 1.54) is 6.92 Å². The Morgan fingerprint density at radius 3 is 1.71 bits per heavy atom. The Morgan fingerprint density at radius 1 is 0.762 bits per heavy atom. The van der Waals surface area contributed by atoms with Gasteiger partial charge in [-0.25, -0.2) is 0 Å². The minimum Gasteiger partial charge on any atom is -0.506 e. The Hall–Kier alpha value is -3.88. The van der Waals surface area contributed by atoms with E-state index < -0.39 is 111 Å². The molecule has 2 aliphatic rings. The summed E-state index contributed by atoms with van der Waals surface area (Å²) in [5.74, 6) is -7.96. The molecule has 1 aliphatic carbocycles. The van der Waals surface area contributed by atoms with Gasteiger partial charge in [0.25, 0.3) is 0 Å². The first-order valence-electron chi connectivity index (χ1n) is 12.3. The molecule has 1 aromatic carbocycles. The zero-order valence-corrected chi connectivity index (χ0v) is 24.4. The number of fused-ring (bicyclic) bond motifs is 1. The van der Waals surface area contributed by atoms with Gasteiger partial charge in [-0.2, -0.15) is 0 Å². The Balaban J connectivity index is 2.18. The highest BCUT2D eigenvalue weighted by Crippen LogP contribution is 2.48. The van der Waals surface area contributed by atoms with E-state index in [1.807, 2.05) is 0 Å². The molecule has 3 rings (SSSR count). The number of carbonyl (C=O) groups excluding carboxylic acids is 6. The van der Waals surface area contributed by atoms with Crippen LogP contribution in [0.4, 0.5) is 0 Å². The SMILES string of the molecule is CCC1=C(OC2OC(COC(C)=O)C(OC(C)=O)C(OC(C)=O)C2OC(C)=O)C(=O)c2c(O)c(Cl)c(Cl)c(O)c2C1=O. The standard InChI is InChI=1S/C26H26Cl2O14/c1-6-12-18(33)14-15(20(35)17(28)16(27)19(14)34)21(36)22(12)42-26-25(40-11(5)32)24(39-10(4)31)23(38-9(3)30)13(41-26)7-37-8(2)29/h13,23-26,34-35H,6-7H2,1-5H3. The molecule has 0 bridgehead atoms. The summed E-state index contributed by atoms with van der Waals surface area (Å²) in [4.78, 5) is 74.6. The number of esters is 4. The van der Waals surface area contributed by atoms with Crippen LogP contribution in [0.25, 0.3) is 0 Å². The van der Waals surface area contributed by atoms with Crippen LogP contribution in [0.2, 0.25) is 10.0 Å². The first-order valence-corrected chi connectivity index (χ1v) is 13.1. The van der Waals surface area contributed by atoms with Crippen molar-refractivity contribution in [3.8, 4) is 11.5 Å². The van der Waals surface area contributed by atoms with Gasteiger partial charge in [-0.15, -0.1) is 0 Å². The molecule has 2 N–H and O–H groups in total. The van der Waals surface area contributed by atoms with Crippen molar-refractivity contribution in [2.24, 2.45) is 0 Å². The van der Waals surface area contributed by atoms with Crippen LogP contribution in [0.3, 0.4) is 0 Å². The number of Topliss-reactive ketones (excluding diaryl/α,β-unsaturated/α-hetero) is 2. The summed E-state index contributed by atoms with van der Waals surface area (Å²) in [6.45, 7) is 5.06. The Labute approximate surface area is 248 Å². The van der Waals surface area contributed by atoms with Crippen molar-refractivity contribution >= 4 is 58.6 Å². The van der Waals surface area contributed by atoms with E-state index in [2.05, 4.69) is 0 Å². The fourth-order valence-electron chi connectivity index (χ4n) is 4.46. The molecular formula is C26H26Cl2O14. The molecule has 1 fully saturated rings. The number of rotatable bonds is 8. The highest BCUT2D eigenvalue weighted by atomic mass is 35.5. The van der Waals surface area contributed by atoms with E-state index in [0.717, 1.165) is 27.7 Å². The van der Waals surface area contributed by atoms with Crippen molar-refractivity contribution < 1.29 is 67.4 Å². The second kappa shape index (κ2) is 13.0. The number of carbonyl (C=O) groups is 6. The van der Waals surface area contributed by atoms with Crippen LogP contribution >= 0.6 is 23.2 Å². The van der Waals surface area contributed by atoms with Crippen LogP contribution in [0.5, 0.6) is 11.5 Å². The van der Waals surface area contributed by atoms with Gasteiger partial charge in [0.15, 0.2) is 23.8 Å². The number of ketones is 2. The van der Waals surface area contributed by atoms with Gasteiger partial charge >= 0.3 is 23.9 Å². The summed E-state index contributed by atoms with van der Waals surface area (Å²) in [5.41, 5.74) is -1.63. The lowest BCUT2D eigenvalue weighted by Gasteiger charge is -2.44. The number of hydrogen-bond donors (Lipinski definition) is 2. The van der Waals surface area contributed by atoms with Crippen LogP contribution in [-0.2, 0) is 47.6 Å². The summed E-state index contributed by atoms with van der Waals surface area (Å²) in [6.07, 6.45) is -8.23. The van der Waals surface area contributed by atoms with Crippen molar-refractivity contribution in [3.05, 3.63) is 32.5 Å². The Morgan fingerprint density at radius 2 is 1.24 bits per heavy atom. The molecule has 0 aromatic heterocycles. The van der Waals surface area contributed by atoms with E-state index in [-0.39, 0.29) is 12.0 Å². The van der Waals surface area contributed by atoms with Gasteiger partial charge in [-0.1, -0.05) is 30.1 Å². The van der Waals surface area contributed by atoms with Gasteiger partial charge in [0.1, 0.15) is 34.3 Å². The van der Waals surface area contributed by atoms with Crippen molar-refractivity contribution in [3.63, 3.8) is 0 Å². The number of ether oxygens (including phenoxy) is 6. The second-order valence-corrected chi connectivity index (χ2v) is 9.84. The maximum atomic E-state index is 13.6. The summed E-state index contributed by atoms with van der Waals surface area (Å²) in [5, 5.41) is 19.9. The maximum Gasteiger partial charge on any atom is 0.303 e. The minimum absolute atomic E-state index is 0.148. The molecule has 1 saturated heterocycles. The molecule has 14 nitrogen and oxygen atoms in total. The molecule has 0 saturated carbocycles. The van der Waals surface area contributed by atoms with Crippen LogP contribution in [0, 0.1) is 0 Å². The quantitative estimate of drug-likeness (QED) is 0.240. The second-order valence-electron chi connectivity index (χ2n) is 9.08. The molecule has 16 heteroatoms. The van der Waals surface area contributed by atoms with Gasteiger partial charge in [0.05, 0.1) is 11.1 Å². The Bertz CT molecular complexity index is 1380. The molecule has 42 heavy (non-hydrogen) atoms. The van der Waals surface area contributed by atoms with E-state index >= 15 is 0 Å². The van der Waals surface area contributed by atoms with E-state index in [4.69, 9.17) is 51.6 Å². The van der Waals surface area contributed by atoms with Crippen molar-refractivity contribution in [1.29, 1.82) is 0 Å². The van der Waals surface area contributed by atoms with Gasteiger partial charge in [0.2, 0.25) is 18.2 Å². The smallest absolute Gasteiger partial charge is 0.303 e. The number of benzene rings is 1. The predicted octanol–water partition coefficient (Wildman–Crippen LogP) is 2.55. The molecule has 228 valence electrons. The average molecular weight is 633 g/mol. The fraction of sp³-hybridized carbons (Fsp3) is 0.462. The maximum absolute atomic E-state index is 13.6. The zero-order valence-electron chi connectivity index (χ0n) is 22.9. The fourth-order valence-corrected chi connectivity index (χ4v) is 4.82. The highest BCUT2D eigenvalue weighted by molar-refractivity contribution is 6.45. The number of aromatic hydroxyl groups is 2. The molecule has 1 aliphatic heterocycles. The third-order valence-electron chi connectivity index (χ3n) is 6.08. The lowest BCUT2D eigenvalue weighted by Crippen LogP contribution is -2.63. The average Bonchev–Trinajstić information content (AvgIpc) is 2.89. The first kappa shape index (κ1) is 32.6. The summed E-state index contributed by atoms with van der Waals surface area (Å²) < 4.78 is 32.6. The van der Waals surface area contributed by atoms with E-state index in [0.29, 0.717) is 0 Å². The molecule has 5 atom stereocenters. The van der Waals surface area contributed by atoms with Crippen molar-refractivity contribution in [2.45, 2.75) is 71.7 Å². The lowest BCUT2D eigenvalue weighted by molar-refractivity contribution is -0.299. The number of phenols is 2. The molecule has 1 heterocycles. The molecule has 0 amide bonds. The van der Waals surface area contributed by atoms with Crippen molar-refractivity contribution in [1.82, 2.24) is 0 Å². The summed E-state index contributed by atoms with van der Waals surface area (Å²) >= 11 is 11.9. The zero-order chi connectivity index (χ0) is 31.6. The van der Waals surface area contributed by atoms with Gasteiger partial charge in [0, 0.05) is 33.3 Å². The van der Waals surface area contributed by atoms with Gasteiger partial charge in [-0.3, -0.25) is 28.8 Å². The third-order valence-corrected chi connectivity index (χ3v) is 6.91. The Kier molecular flexibility index (Phi) is 10.1. The van der Waals surface area contributed by atoms with Crippen LogP contribution < -0.4 is 0 Å². The largest absolute Gasteiger partial charge is 0.506 e. The topological polar surface area (TPSA) is 198 Å². The lowest BCUT2D eigenvalue weighted by atomic mass is 9.85. The highest BCUT2D eigenvalue weighted by Gasteiger charge is 2.54. The van der Waals surface area contributed by atoms with Crippen LogP contribution in [0.15, 0.2) is 11.3 Å². The number of hydrogen-bond acceptors (Lipinski definition) is 14.